The number of aromatic nitrogens is 3. The van der Waals surface area contributed by atoms with E-state index in [9.17, 15) is 15.0 Å². The molecule has 172 valence electrons. The highest BCUT2D eigenvalue weighted by molar-refractivity contribution is 14.1. The molecule has 0 aliphatic heterocycles. The summed E-state index contributed by atoms with van der Waals surface area (Å²) in [7, 11) is 0. The molecule has 0 bridgehead atoms. The molecule has 9 heteroatoms. The minimum atomic E-state index is -0.161. The van der Waals surface area contributed by atoms with E-state index in [-0.39, 0.29) is 17.4 Å². The fraction of sp³-hybridized carbons (Fsp3) is 0.292. The first-order chi connectivity index (χ1) is 15.9. The van der Waals surface area contributed by atoms with Gasteiger partial charge in [0, 0.05) is 23.9 Å². The van der Waals surface area contributed by atoms with Gasteiger partial charge in [-0.3, -0.25) is 4.79 Å². The van der Waals surface area contributed by atoms with Gasteiger partial charge >= 0.3 is 0 Å². The van der Waals surface area contributed by atoms with Crippen LogP contribution in [-0.2, 0) is 24.3 Å². The number of unbranched alkanes of at least 4 members (excludes halogenated alkanes) is 1. The predicted octanol–water partition coefficient (Wildman–Crippen LogP) is 4.02. The number of hydrogen-bond donors (Lipinski definition) is 4. The summed E-state index contributed by atoms with van der Waals surface area (Å²) < 4.78 is 2.45. The normalized spacial score (nSPS) is 11.3. The van der Waals surface area contributed by atoms with Gasteiger partial charge in [-0.1, -0.05) is 54.1 Å². The number of phenolic OH excluding ortho intramolecular Hbond substituents is 2. The van der Waals surface area contributed by atoms with Crippen molar-refractivity contribution in [1.82, 2.24) is 19.9 Å². The van der Waals surface area contributed by atoms with Crippen molar-refractivity contribution < 1.29 is 15.0 Å². The fourth-order valence-corrected chi connectivity index (χ4v) is 4.20. The first-order valence-electron chi connectivity index (χ1n) is 10.8. The summed E-state index contributed by atoms with van der Waals surface area (Å²) in [4.78, 5) is 21.1. The van der Waals surface area contributed by atoms with Crippen LogP contribution in [-0.4, -0.2) is 35.1 Å². The second-order valence-corrected chi connectivity index (χ2v) is 8.72. The zero-order chi connectivity index (χ0) is 23.5. The average Bonchev–Trinajstić information content (AvgIpc) is 3.18. The van der Waals surface area contributed by atoms with Crippen LogP contribution in [0.25, 0.3) is 21.9 Å². The highest BCUT2D eigenvalue weighted by Gasteiger charge is 2.19. The SMILES string of the molecule is CCCCc1nc2c(N)nc3ccc(CNC(=O)CI)cc3c2n1Cc1cccc(O)c1O. The van der Waals surface area contributed by atoms with Crippen LogP contribution in [0.4, 0.5) is 5.82 Å². The summed E-state index contributed by atoms with van der Waals surface area (Å²) in [6.45, 7) is 2.85. The molecule has 4 aromatic rings. The van der Waals surface area contributed by atoms with E-state index < -0.39 is 0 Å². The Morgan fingerprint density at radius 3 is 2.79 bits per heavy atom. The second-order valence-electron chi connectivity index (χ2n) is 7.96. The number of imidazole rings is 1. The second kappa shape index (κ2) is 9.82. The van der Waals surface area contributed by atoms with E-state index >= 15 is 0 Å². The molecular weight excluding hydrogens is 533 g/mol. The molecule has 1 amide bonds. The molecule has 0 atom stereocenters. The minimum absolute atomic E-state index is 0.0254. The number of alkyl halides is 1. The Balaban J connectivity index is 1.91. The van der Waals surface area contributed by atoms with E-state index in [1.165, 1.54) is 6.07 Å². The third-order valence-corrected chi connectivity index (χ3v) is 6.33. The molecule has 0 radical (unpaired) electrons. The van der Waals surface area contributed by atoms with Gasteiger partial charge in [0.05, 0.1) is 22.0 Å². The summed E-state index contributed by atoms with van der Waals surface area (Å²) in [5.74, 6) is 0.863. The van der Waals surface area contributed by atoms with Crippen molar-refractivity contribution in [1.29, 1.82) is 0 Å². The molecule has 0 unspecified atom stereocenters. The number of phenols is 2. The number of benzene rings is 2. The first-order valence-corrected chi connectivity index (χ1v) is 12.3. The van der Waals surface area contributed by atoms with Gasteiger partial charge in [-0.2, -0.15) is 0 Å². The lowest BCUT2D eigenvalue weighted by molar-refractivity contribution is -0.118. The molecule has 2 heterocycles. The number of anilines is 1. The van der Waals surface area contributed by atoms with Crippen molar-refractivity contribution in [3.05, 3.63) is 53.3 Å². The van der Waals surface area contributed by atoms with Crippen LogP contribution in [0.1, 0.15) is 36.7 Å². The van der Waals surface area contributed by atoms with Gasteiger partial charge in [0.2, 0.25) is 5.91 Å². The number of para-hydroxylation sites is 1. The number of halogens is 1. The minimum Gasteiger partial charge on any atom is -0.504 e. The number of nitrogens with one attached hydrogen (secondary N) is 1. The molecule has 8 nitrogen and oxygen atoms in total. The Morgan fingerprint density at radius 2 is 2.03 bits per heavy atom. The molecule has 4 rings (SSSR count). The molecular formula is C24H26IN5O3. The zero-order valence-electron chi connectivity index (χ0n) is 18.3. The largest absolute Gasteiger partial charge is 0.504 e. The maximum absolute atomic E-state index is 11.7. The van der Waals surface area contributed by atoms with Crippen molar-refractivity contribution in [2.24, 2.45) is 0 Å². The molecule has 5 N–H and O–H groups in total. The maximum atomic E-state index is 11.7. The maximum Gasteiger partial charge on any atom is 0.230 e. The molecule has 0 aliphatic carbocycles. The van der Waals surface area contributed by atoms with E-state index in [2.05, 4.69) is 17.2 Å². The van der Waals surface area contributed by atoms with Crippen molar-refractivity contribution in [3.63, 3.8) is 0 Å². The molecule has 33 heavy (non-hydrogen) atoms. The number of amides is 1. The Bertz CT molecular complexity index is 1340. The lowest BCUT2D eigenvalue weighted by Gasteiger charge is -2.13. The number of nitrogens with zero attached hydrogens (tertiary/aromatic N) is 3. The van der Waals surface area contributed by atoms with Crippen molar-refractivity contribution in [3.8, 4) is 11.5 Å². The summed E-state index contributed by atoms with van der Waals surface area (Å²) in [6.07, 6.45) is 2.71. The monoisotopic (exact) mass is 559 g/mol. The van der Waals surface area contributed by atoms with Gasteiger partial charge < -0.3 is 25.8 Å². The number of carbonyl (C=O) groups excluding carboxylic acids is 1. The smallest absolute Gasteiger partial charge is 0.230 e. The van der Waals surface area contributed by atoms with Crippen LogP contribution in [0.2, 0.25) is 0 Å². The molecule has 0 spiro atoms. The number of hydrogen-bond acceptors (Lipinski definition) is 6. The number of carbonyl (C=O) groups is 1. The Hall–Kier alpha value is -3.08. The van der Waals surface area contributed by atoms with Crippen molar-refractivity contribution in [2.45, 2.75) is 39.3 Å². The van der Waals surface area contributed by atoms with E-state index in [0.29, 0.717) is 34.4 Å². The van der Waals surface area contributed by atoms with Crippen molar-refractivity contribution >= 4 is 56.3 Å². The first kappa shape index (κ1) is 23.1. The van der Waals surface area contributed by atoms with Gasteiger partial charge in [-0.05, 0) is 30.2 Å². The number of nitrogens with two attached hydrogens (primary N) is 1. The van der Waals surface area contributed by atoms with Gasteiger partial charge in [-0.25, -0.2) is 9.97 Å². The van der Waals surface area contributed by atoms with Gasteiger partial charge in [0.15, 0.2) is 17.3 Å². The van der Waals surface area contributed by atoms with Crippen LogP contribution >= 0.6 is 22.6 Å². The van der Waals surface area contributed by atoms with Gasteiger partial charge in [0.25, 0.3) is 0 Å². The Kier molecular flexibility index (Phi) is 6.87. The lowest BCUT2D eigenvalue weighted by atomic mass is 10.1. The van der Waals surface area contributed by atoms with E-state index in [0.717, 1.165) is 47.1 Å². The number of nitrogen functional groups attached to an aromatic ring is 1. The number of aryl methyl sites for hydroxylation is 1. The van der Waals surface area contributed by atoms with Crippen molar-refractivity contribution in [2.75, 3.05) is 10.2 Å². The summed E-state index contributed by atoms with van der Waals surface area (Å²) in [5, 5.41) is 24.2. The third kappa shape index (κ3) is 4.68. The van der Waals surface area contributed by atoms with Crippen LogP contribution in [0, 0.1) is 0 Å². The summed E-state index contributed by atoms with van der Waals surface area (Å²) in [5.41, 5.74) is 10.00. The molecule has 0 saturated carbocycles. The fourth-order valence-electron chi connectivity index (χ4n) is 3.93. The zero-order valence-corrected chi connectivity index (χ0v) is 20.5. The Labute approximate surface area is 205 Å². The van der Waals surface area contributed by atoms with Crippen LogP contribution < -0.4 is 11.1 Å². The standard InChI is InChI=1S/C24H26IN5O3/c1-2-3-7-19-29-21-22(30(19)13-15-5-4-6-18(31)23(15)33)16-10-14(12-27-20(32)11-25)8-9-17(16)28-24(21)26/h4-6,8-10,31,33H,2-3,7,11-13H2,1H3,(H2,26,28)(H,27,32). The number of pyridine rings is 1. The highest BCUT2D eigenvalue weighted by Crippen LogP contribution is 2.34. The van der Waals surface area contributed by atoms with E-state index in [1.807, 2.05) is 45.4 Å². The average molecular weight is 559 g/mol. The van der Waals surface area contributed by atoms with Crippen LogP contribution in [0.15, 0.2) is 36.4 Å². The van der Waals surface area contributed by atoms with Crippen LogP contribution in [0.5, 0.6) is 11.5 Å². The summed E-state index contributed by atoms with van der Waals surface area (Å²) in [6, 6.07) is 10.8. The van der Waals surface area contributed by atoms with E-state index in [1.54, 1.807) is 12.1 Å². The number of rotatable bonds is 8. The molecule has 2 aromatic carbocycles. The molecule has 0 aliphatic rings. The topological polar surface area (TPSA) is 126 Å². The lowest BCUT2D eigenvalue weighted by Crippen LogP contribution is -2.23. The van der Waals surface area contributed by atoms with E-state index in [4.69, 9.17) is 10.7 Å². The third-order valence-electron chi connectivity index (χ3n) is 5.64. The predicted molar refractivity (Wildman–Crippen MR) is 138 cm³/mol. The van der Waals surface area contributed by atoms with Gasteiger partial charge in [0.1, 0.15) is 11.3 Å². The highest BCUT2D eigenvalue weighted by atomic mass is 127. The molecule has 0 saturated heterocycles. The quantitative estimate of drug-likeness (QED) is 0.147. The molecule has 2 aromatic heterocycles. The number of aromatic hydroxyl groups is 2. The molecule has 0 fully saturated rings. The van der Waals surface area contributed by atoms with Crippen LogP contribution in [0.3, 0.4) is 0 Å². The summed E-state index contributed by atoms with van der Waals surface area (Å²) >= 11 is 2.03. The Morgan fingerprint density at radius 1 is 1.21 bits per heavy atom. The van der Waals surface area contributed by atoms with Gasteiger partial charge in [-0.15, -0.1) is 0 Å². The number of fused-ring (bicyclic) bond motifs is 3.